The molecule has 2 rings (SSSR count). The molecule has 2 saturated heterocycles. The van der Waals surface area contributed by atoms with Gasteiger partial charge in [-0.3, -0.25) is 9.59 Å². The third-order valence-electron chi connectivity index (χ3n) is 13.2. The van der Waals surface area contributed by atoms with E-state index in [-0.39, 0.29) is 26.1 Å². The first kappa shape index (κ1) is 63.1. The Morgan fingerprint density at radius 3 is 1.28 bits per heavy atom. The summed E-state index contributed by atoms with van der Waals surface area (Å²) in [6.45, 7) is 2.59. The molecule has 69 heavy (non-hydrogen) atoms. The van der Waals surface area contributed by atoms with Crippen LogP contribution in [-0.4, -0.2) is 142 Å². The standard InChI is InChI=1S/C54H98O15/c1-3-5-7-9-11-13-15-17-19-20-21-22-23-25-26-28-30-32-34-36-45(56)64-39-42(67-46(57)37-35-33-31-29-27-24-18-16-14-12-10-8-6-4-2)40-65-53-52(63)50(61)48(59)44(69-53)41-66-54-51(62)49(60)47(58)43(38-55)68-54/h16-19,42-44,47-55,58-63H,3-15,20-41H2,1-2H3/b18-16+,19-17+/t42-,43+,44+,47-,48-,49?,50?,51?,52?,53+,54+/m0/s1. The van der Waals surface area contributed by atoms with Crippen molar-refractivity contribution in [2.24, 2.45) is 0 Å². The molecule has 0 bridgehead atoms. The summed E-state index contributed by atoms with van der Waals surface area (Å²) in [5.74, 6) is -0.930. The topological polar surface area (TPSA) is 231 Å². The van der Waals surface area contributed by atoms with Gasteiger partial charge in [-0.05, 0) is 64.2 Å². The summed E-state index contributed by atoms with van der Waals surface area (Å²) in [7, 11) is 0. The lowest BCUT2D eigenvalue weighted by molar-refractivity contribution is -0.332. The number of ether oxygens (including phenoxy) is 6. The van der Waals surface area contributed by atoms with E-state index in [0.717, 1.165) is 57.8 Å². The number of rotatable bonds is 43. The molecule has 2 fully saturated rings. The zero-order valence-corrected chi connectivity index (χ0v) is 42.8. The number of aliphatic hydroxyl groups is 7. The van der Waals surface area contributed by atoms with Gasteiger partial charge >= 0.3 is 11.9 Å². The molecule has 2 aliphatic heterocycles. The van der Waals surface area contributed by atoms with Gasteiger partial charge in [-0.2, -0.15) is 0 Å². The molecule has 7 N–H and O–H groups in total. The van der Waals surface area contributed by atoms with Gasteiger partial charge < -0.3 is 64.2 Å². The fraction of sp³-hybridized carbons (Fsp3) is 0.889. The number of aliphatic hydroxyl groups excluding tert-OH is 7. The van der Waals surface area contributed by atoms with Crippen LogP contribution in [0.1, 0.15) is 213 Å². The van der Waals surface area contributed by atoms with Crippen LogP contribution in [0.3, 0.4) is 0 Å². The van der Waals surface area contributed by atoms with Gasteiger partial charge in [0.05, 0.1) is 19.8 Å². The molecule has 15 nitrogen and oxygen atoms in total. The predicted octanol–water partition coefficient (Wildman–Crippen LogP) is 8.33. The predicted molar refractivity (Wildman–Crippen MR) is 266 cm³/mol. The molecule has 0 amide bonds. The number of esters is 2. The summed E-state index contributed by atoms with van der Waals surface area (Å²) in [6, 6.07) is 0. The zero-order valence-electron chi connectivity index (χ0n) is 42.8. The lowest BCUT2D eigenvalue weighted by Crippen LogP contribution is -2.61. The number of allylic oxidation sites excluding steroid dienone is 4. The molecular weight excluding hydrogens is 889 g/mol. The average molecular weight is 987 g/mol. The Morgan fingerprint density at radius 2 is 0.826 bits per heavy atom. The third kappa shape index (κ3) is 29.3. The normalized spacial score (nSPS) is 25.7. The van der Waals surface area contributed by atoms with E-state index in [1.807, 2.05) is 0 Å². The molecule has 404 valence electrons. The van der Waals surface area contributed by atoms with Crippen LogP contribution in [0.5, 0.6) is 0 Å². The number of unbranched alkanes of at least 4 members (excludes halogenated alkanes) is 25. The van der Waals surface area contributed by atoms with E-state index in [2.05, 4.69) is 38.2 Å². The van der Waals surface area contributed by atoms with E-state index in [4.69, 9.17) is 28.4 Å². The minimum atomic E-state index is -1.76. The second kappa shape index (κ2) is 41.5. The van der Waals surface area contributed by atoms with Gasteiger partial charge in [-0.25, -0.2) is 0 Å². The van der Waals surface area contributed by atoms with Crippen LogP contribution in [0.4, 0.5) is 0 Å². The molecule has 0 spiro atoms. The Labute approximate surface area is 415 Å². The third-order valence-corrected chi connectivity index (χ3v) is 13.2. The van der Waals surface area contributed by atoms with Crippen molar-refractivity contribution in [3.05, 3.63) is 24.3 Å². The molecule has 0 aliphatic carbocycles. The van der Waals surface area contributed by atoms with Crippen molar-refractivity contribution in [3.8, 4) is 0 Å². The van der Waals surface area contributed by atoms with E-state index in [9.17, 15) is 45.3 Å². The van der Waals surface area contributed by atoms with Crippen molar-refractivity contribution in [2.45, 2.75) is 280 Å². The van der Waals surface area contributed by atoms with E-state index in [0.29, 0.717) is 12.8 Å². The summed E-state index contributed by atoms with van der Waals surface area (Å²) >= 11 is 0. The van der Waals surface area contributed by atoms with Crippen LogP contribution in [0.15, 0.2) is 24.3 Å². The Bertz CT molecular complexity index is 1300. The second-order valence-electron chi connectivity index (χ2n) is 19.4. The smallest absolute Gasteiger partial charge is 0.306 e. The summed E-state index contributed by atoms with van der Waals surface area (Å²) in [6.07, 6.45) is 26.3. The fourth-order valence-corrected chi connectivity index (χ4v) is 8.62. The maximum atomic E-state index is 13.0. The highest BCUT2D eigenvalue weighted by atomic mass is 16.7. The molecule has 2 heterocycles. The van der Waals surface area contributed by atoms with E-state index >= 15 is 0 Å². The second-order valence-corrected chi connectivity index (χ2v) is 19.4. The van der Waals surface area contributed by atoms with Gasteiger partial charge in [0.2, 0.25) is 0 Å². The molecule has 0 aromatic heterocycles. The molecule has 15 heteroatoms. The Kier molecular flexibility index (Phi) is 37.9. The van der Waals surface area contributed by atoms with Gasteiger partial charge in [0.25, 0.3) is 0 Å². The van der Waals surface area contributed by atoms with Crippen molar-refractivity contribution in [1.82, 2.24) is 0 Å². The minimum Gasteiger partial charge on any atom is -0.462 e. The first-order valence-corrected chi connectivity index (χ1v) is 27.4. The van der Waals surface area contributed by atoms with E-state index < -0.39 is 92.7 Å². The van der Waals surface area contributed by atoms with Gasteiger partial charge in [0, 0.05) is 12.8 Å². The lowest BCUT2D eigenvalue weighted by Gasteiger charge is -2.42. The van der Waals surface area contributed by atoms with Gasteiger partial charge in [0.1, 0.15) is 55.4 Å². The highest BCUT2D eigenvalue weighted by Gasteiger charge is 2.47. The highest BCUT2D eigenvalue weighted by Crippen LogP contribution is 2.26. The van der Waals surface area contributed by atoms with Gasteiger partial charge in [0.15, 0.2) is 18.7 Å². The Morgan fingerprint density at radius 1 is 0.449 bits per heavy atom. The van der Waals surface area contributed by atoms with Crippen molar-refractivity contribution in [3.63, 3.8) is 0 Å². The molecule has 0 radical (unpaired) electrons. The number of carbonyl (C=O) groups is 2. The first-order valence-electron chi connectivity index (χ1n) is 27.4. The average Bonchev–Trinajstić information content (AvgIpc) is 3.34. The quantitative estimate of drug-likeness (QED) is 0.0173. The minimum absolute atomic E-state index is 0.157. The Balaban J connectivity index is 1.77. The SMILES string of the molecule is CCCCCCC/C=C/CCCCCCCC(=O)O[C@@H](COC(=O)CCCCCCCCCCC/C=C/CCCCCCCC)CO[C@@H]1O[C@H](CO[C@@H]2O[C@H](CO)[C@H](O)C(O)C2O)[C@H](O)C(O)C1O. The molecule has 0 aromatic carbocycles. The van der Waals surface area contributed by atoms with E-state index in [1.54, 1.807) is 0 Å². The van der Waals surface area contributed by atoms with Crippen LogP contribution in [-0.2, 0) is 38.0 Å². The molecule has 4 unspecified atom stereocenters. The molecule has 0 saturated carbocycles. The lowest BCUT2D eigenvalue weighted by atomic mass is 9.98. The van der Waals surface area contributed by atoms with Crippen molar-refractivity contribution in [2.75, 3.05) is 26.4 Å². The van der Waals surface area contributed by atoms with Gasteiger partial charge in [-0.1, -0.05) is 160 Å². The number of carbonyl (C=O) groups excluding carboxylic acids is 2. The maximum Gasteiger partial charge on any atom is 0.306 e. The monoisotopic (exact) mass is 987 g/mol. The van der Waals surface area contributed by atoms with Crippen LogP contribution in [0, 0.1) is 0 Å². The zero-order chi connectivity index (χ0) is 50.3. The summed E-state index contributed by atoms with van der Waals surface area (Å²) < 4.78 is 33.6. The summed E-state index contributed by atoms with van der Waals surface area (Å²) in [5, 5.41) is 72.1. The maximum absolute atomic E-state index is 13.0. The molecular formula is C54H98O15. The van der Waals surface area contributed by atoms with Gasteiger partial charge in [-0.15, -0.1) is 0 Å². The van der Waals surface area contributed by atoms with Crippen LogP contribution in [0.25, 0.3) is 0 Å². The Hall–Kier alpha value is -2.02. The van der Waals surface area contributed by atoms with Crippen LogP contribution >= 0.6 is 0 Å². The summed E-state index contributed by atoms with van der Waals surface area (Å²) in [4.78, 5) is 25.8. The van der Waals surface area contributed by atoms with Crippen molar-refractivity contribution in [1.29, 1.82) is 0 Å². The van der Waals surface area contributed by atoms with Crippen molar-refractivity contribution < 1.29 is 73.8 Å². The van der Waals surface area contributed by atoms with Crippen LogP contribution < -0.4 is 0 Å². The largest absolute Gasteiger partial charge is 0.462 e. The highest BCUT2D eigenvalue weighted by molar-refractivity contribution is 5.70. The van der Waals surface area contributed by atoms with Crippen molar-refractivity contribution >= 4 is 11.9 Å². The molecule has 0 aromatic rings. The summed E-state index contributed by atoms with van der Waals surface area (Å²) in [5.41, 5.74) is 0. The fourth-order valence-electron chi connectivity index (χ4n) is 8.62. The molecule has 11 atom stereocenters. The van der Waals surface area contributed by atoms with E-state index in [1.165, 1.54) is 116 Å². The first-order chi connectivity index (χ1) is 33.5. The number of hydrogen-bond donors (Lipinski definition) is 7. The number of hydrogen-bond acceptors (Lipinski definition) is 15. The molecule has 2 aliphatic rings. The van der Waals surface area contributed by atoms with Crippen LogP contribution in [0.2, 0.25) is 0 Å².